The number of aldehydes is 1. The minimum Gasteiger partial charge on any atom is -0.377 e. The molecule has 0 aromatic heterocycles. The van der Waals surface area contributed by atoms with Crippen LogP contribution in [0.2, 0.25) is 19.6 Å². The number of carbonyl (C=O) groups excluding carboxylic acids is 2. The maximum atomic E-state index is 12.9. The molecular formula is C23H34O5Si. The largest absolute Gasteiger partial charge is 0.377 e. The molecule has 1 heterocycles. The fourth-order valence-corrected chi connectivity index (χ4v) is 4.24. The van der Waals surface area contributed by atoms with Crippen molar-refractivity contribution in [2.45, 2.75) is 71.8 Å². The van der Waals surface area contributed by atoms with Crippen molar-refractivity contribution in [3.05, 3.63) is 40.5 Å². The van der Waals surface area contributed by atoms with Gasteiger partial charge in [-0.2, -0.15) is 0 Å². The van der Waals surface area contributed by atoms with Crippen molar-refractivity contribution in [3.63, 3.8) is 0 Å². The molecule has 1 aromatic rings. The molecule has 2 atom stereocenters. The van der Waals surface area contributed by atoms with E-state index >= 15 is 0 Å². The first-order valence-electron chi connectivity index (χ1n) is 10.1. The van der Waals surface area contributed by atoms with E-state index in [1.54, 1.807) is 13.8 Å². The number of hydrogen-bond acceptors (Lipinski definition) is 5. The molecule has 1 aliphatic rings. The second-order valence-electron chi connectivity index (χ2n) is 9.44. The number of ether oxygens (including phenoxy) is 3. The molecule has 0 N–H and O–H groups in total. The first kappa shape index (κ1) is 23.7. The van der Waals surface area contributed by atoms with Crippen molar-refractivity contribution in [2.75, 3.05) is 12.8 Å². The molecule has 0 saturated carbocycles. The van der Waals surface area contributed by atoms with Gasteiger partial charge in [-0.3, -0.25) is 4.79 Å². The van der Waals surface area contributed by atoms with Gasteiger partial charge in [-0.1, -0.05) is 49.5 Å². The predicted molar refractivity (Wildman–Crippen MR) is 118 cm³/mol. The molecule has 6 heteroatoms. The van der Waals surface area contributed by atoms with Gasteiger partial charge in [0.15, 0.2) is 17.9 Å². The SMILES string of the molecule is Cc1cc(C)c(C(=O)COC[Si](C)(C)C)c(/C=C/C[C@@H]2OC(C)(C)O[C@@H]2C=O)c1. The molecule has 29 heavy (non-hydrogen) atoms. The Balaban J connectivity index is 2.14. The molecule has 1 saturated heterocycles. The van der Waals surface area contributed by atoms with Gasteiger partial charge in [-0.25, -0.2) is 0 Å². The molecule has 1 aromatic carbocycles. The zero-order valence-electron chi connectivity index (χ0n) is 18.7. The van der Waals surface area contributed by atoms with Gasteiger partial charge in [0.05, 0.1) is 14.2 Å². The lowest BCUT2D eigenvalue weighted by molar-refractivity contribution is -0.149. The van der Waals surface area contributed by atoms with Gasteiger partial charge < -0.3 is 19.0 Å². The standard InChI is InChI=1S/C23H34O5Si/c1-16-11-17(2)22(19(25)14-26-15-29(5,6)7)18(12-16)9-8-10-20-21(13-24)28-23(3,4)27-20/h8-9,11-13,20-21H,10,14-15H2,1-7H3/b9-8+/t20-,21+/m0/s1. The number of hydrogen-bond donors (Lipinski definition) is 0. The summed E-state index contributed by atoms with van der Waals surface area (Å²) in [6.45, 7) is 14.3. The van der Waals surface area contributed by atoms with Crippen molar-refractivity contribution < 1.29 is 23.8 Å². The fourth-order valence-electron chi connectivity index (χ4n) is 3.52. The minimum atomic E-state index is -1.36. The van der Waals surface area contributed by atoms with E-state index < -0.39 is 20.0 Å². The average molecular weight is 419 g/mol. The number of Topliss-reactive ketones (excluding diaryl/α,β-unsaturated/α-hetero) is 1. The van der Waals surface area contributed by atoms with Crippen LogP contribution < -0.4 is 0 Å². The molecule has 0 bridgehead atoms. The molecule has 0 aliphatic carbocycles. The van der Waals surface area contributed by atoms with Gasteiger partial charge in [-0.15, -0.1) is 0 Å². The molecule has 0 spiro atoms. The van der Waals surface area contributed by atoms with Crippen LogP contribution in [0.1, 0.15) is 47.3 Å². The van der Waals surface area contributed by atoms with Gasteiger partial charge in [0.2, 0.25) is 0 Å². The summed E-state index contributed by atoms with van der Waals surface area (Å²) in [4.78, 5) is 24.1. The van der Waals surface area contributed by atoms with Crippen LogP contribution in [-0.4, -0.2) is 51.0 Å². The Morgan fingerprint density at radius 1 is 1.21 bits per heavy atom. The van der Waals surface area contributed by atoms with Gasteiger partial charge in [0, 0.05) is 11.8 Å². The van der Waals surface area contributed by atoms with Crippen molar-refractivity contribution in [1.82, 2.24) is 0 Å². The summed E-state index contributed by atoms with van der Waals surface area (Å²) in [5, 5.41) is 0. The Kier molecular flexibility index (Phi) is 7.73. The number of carbonyl (C=O) groups is 2. The summed E-state index contributed by atoms with van der Waals surface area (Å²) < 4.78 is 17.1. The molecule has 5 nitrogen and oxygen atoms in total. The van der Waals surface area contributed by atoms with Gasteiger partial charge in [-0.05, 0) is 45.2 Å². The van der Waals surface area contributed by atoms with Crippen LogP contribution in [0.4, 0.5) is 0 Å². The maximum Gasteiger partial charge on any atom is 0.189 e. The molecular weight excluding hydrogens is 384 g/mol. The Labute approximate surface area is 175 Å². The van der Waals surface area contributed by atoms with E-state index in [1.807, 2.05) is 38.1 Å². The lowest BCUT2D eigenvalue weighted by atomic mass is 9.95. The van der Waals surface area contributed by atoms with E-state index in [2.05, 4.69) is 19.6 Å². The highest BCUT2D eigenvalue weighted by Crippen LogP contribution is 2.29. The first-order valence-corrected chi connectivity index (χ1v) is 13.8. The topological polar surface area (TPSA) is 61.8 Å². The van der Waals surface area contributed by atoms with E-state index in [4.69, 9.17) is 14.2 Å². The fraction of sp³-hybridized carbons (Fsp3) is 0.565. The third kappa shape index (κ3) is 6.99. The quantitative estimate of drug-likeness (QED) is 0.336. The normalized spacial score (nSPS) is 21.6. The lowest BCUT2D eigenvalue weighted by Gasteiger charge is -2.17. The second kappa shape index (κ2) is 9.47. The lowest BCUT2D eigenvalue weighted by Crippen LogP contribution is -2.29. The molecule has 160 valence electrons. The monoisotopic (exact) mass is 418 g/mol. The third-order valence-corrected chi connectivity index (χ3v) is 5.65. The Morgan fingerprint density at radius 2 is 1.90 bits per heavy atom. The molecule has 0 unspecified atom stereocenters. The van der Waals surface area contributed by atoms with Crippen LogP contribution in [0.15, 0.2) is 18.2 Å². The highest BCUT2D eigenvalue weighted by Gasteiger charge is 2.40. The van der Waals surface area contributed by atoms with E-state index in [1.165, 1.54) is 0 Å². The van der Waals surface area contributed by atoms with E-state index in [9.17, 15) is 9.59 Å². The van der Waals surface area contributed by atoms with Crippen LogP contribution in [0.5, 0.6) is 0 Å². The van der Waals surface area contributed by atoms with Crippen LogP contribution in [0.25, 0.3) is 6.08 Å². The van der Waals surface area contributed by atoms with Crippen LogP contribution in [0.3, 0.4) is 0 Å². The Morgan fingerprint density at radius 3 is 2.52 bits per heavy atom. The maximum absolute atomic E-state index is 12.9. The predicted octanol–water partition coefficient (Wildman–Crippen LogP) is 4.50. The molecule has 0 radical (unpaired) electrons. The van der Waals surface area contributed by atoms with E-state index in [0.29, 0.717) is 18.2 Å². The van der Waals surface area contributed by atoms with Crippen molar-refractivity contribution in [1.29, 1.82) is 0 Å². The smallest absolute Gasteiger partial charge is 0.189 e. The third-order valence-electron chi connectivity index (χ3n) is 4.58. The van der Waals surface area contributed by atoms with Crippen LogP contribution >= 0.6 is 0 Å². The van der Waals surface area contributed by atoms with Crippen molar-refractivity contribution in [3.8, 4) is 0 Å². The van der Waals surface area contributed by atoms with Crippen molar-refractivity contribution >= 4 is 26.2 Å². The average Bonchev–Trinajstić information content (AvgIpc) is 2.87. The number of benzene rings is 1. The molecule has 0 amide bonds. The zero-order valence-corrected chi connectivity index (χ0v) is 19.7. The summed E-state index contributed by atoms with van der Waals surface area (Å²) in [5.41, 5.74) is 3.59. The summed E-state index contributed by atoms with van der Waals surface area (Å²) in [7, 11) is -1.36. The van der Waals surface area contributed by atoms with Gasteiger partial charge in [0.1, 0.15) is 12.7 Å². The Bertz CT molecular complexity index is 776. The van der Waals surface area contributed by atoms with Gasteiger partial charge >= 0.3 is 0 Å². The first-order chi connectivity index (χ1) is 13.4. The second-order valence-corrected chi connectivity index (χ2v) is 14.8. The summed E-state index contributed by atoms with van der Waals surface area (Å²) in [5.74, 6) is -0.772. The summed E-state index contributed by atoms with van der Waals surface area (Å²) in [6.07, 6.45) is 4.95. The minimum absolute atomic E-state index is 0.00671. The molecule has 1 aliphatic heterocycles. The number of ketones is 1. The molecule has 1 fully saturated rings. The summed E-state index contributed by atoms with van der Waals surface area (Å²) >= 11 is 0. The summed E-state index contributed by atoms with van der Waals surface area (Å²) in [6, 6.07) is 4.02. The number of aryl methyl sites for hydroxylation is 2. The van der Waals surface area contributed by atoms with Gasteiger partial charge in [0.25, 0.3) is 0 Å². The highest BCUT2D eigenvalue weighted by atomic mass is 28.3. The number of rotatable bonds is 9. The van der Waals surface area contributed by atoms with E-state index in [0.717, 1.165) is 23.0 Å². The van der Waals surface area contributed by atoms with Crippen LogP contribution in [0, 0.1) is 13.8 Å². The van der Waals surface area contributed by atoms with Crippen LogP contribution in [-0.2, 0) is 19.0 Å². The molecule has 2 rings (SSSR count). The highest BCUT2D eigenvalue weighted by molar-refractivity contribution is 6.76. The Hall–Kier alpha value is -1.60. The van der Waals surface area contributed by atoms with Crippen molar-refractivity contribution in [2.24, 2.45) is 0 Å². The van der Waals surface area contributed by atoms with E-state index in [-0.39, 0.29) is 18.5 Å². The zero-order chi connectivity index (χ0) is 21.8.